The molecule has 0 saturated carbocycles. The molecule has 1 aromatic rings. The number of alkyl halides is 3. The van der Waals surface area contributed by atoms with Crippen molar-refractivity contribution in [1.29, 1.82) is 0 Å². The lowest BCUT2D eigenvalue weighted by atomic mass is 9.93. The van der Waals surface area contributed by atoms with Crippen LogP contribution in [0.1, 0.15) is 37.9 Å². The highest BCUT2D eigenvalue weighted by Crippen LogP contribution is 2.40. The summed E-state index contributed by atoms with van der Waals surface area (Å²) in [6.45, 7) is 5.23. The maximum atomic E-state index is 13.4. The second-order valence-corrected chi connectivity index (χ2v) is 5.99. The molecular formula is C15H19F3N2O. The van der Waals surface area contributed by atoms with Crippen LogP contribution in [0.3, 0.4) is 0 Å². The molecule has 3 nitrogen and oxygen atoms in total. The number of rotatable bonds is 3. The van der Waals surface area contributed by atoms with Crippen LogP contribution >= 0.6 is 0 Å². The van der Waals surface area contributed by atoms with Gasteiger partial charge in [0.25, 0.3) is 0 Å². The first kappa shape index (κ1) is 15.8. The van der Waals surface area contributed by atoms with E-state index in [-0.39, 0.29) is 18.0 Å². The minimum absolute atomic E-state index is 0.0194. The molecule has 0 unspecified atom stereocenters. The maximum Gasteiger partial charge on any atom is 0.409 e. The molecule has 1 aliphatic rings. The Hall–Kier alpha value is -1.56. The van der Waals surface area contributed by atoms with E-state index in [1.165, 1.54) is 12.1 Å². The number of hydrazine groups is 1. The second-order valence-electron chi connectivity index (χ2n) is 5.99. The third-order valence-electron chi connectivity index (χ3n) is 3.75. The fraction of sp³-hybridized carbons (Fsp3) is 0.533. The lowest BCUT2D eigenvalue weighted by Gasteiger charge is -2.30. The smallest absolute Gasteiger partial charge is 0.287 e. The fourth-order valence-electron chi connectivity index (χ4n) is 2.46. The number of nitrogens with one attached hydrogen (secondary N) is 1. The van der Waals surface area contributed by atoms with Gasteiger partial charge in [0.2, 0.25) is 5.91 Å². The van der Waals surface area contributed by atoms with E-state index in [1.807, 2.05) is 6.92 Å². The zero-order valence-corrected chi connectivity index (χ0v) is 12.3. The Kier molecular flexibility index (Phi) is 4.02. The van der Waals surface area contributed by atoms with Crippen molar-refractivity contribution in [3.8, 4) is 0 Å². The molecule has 2 rings (SSSR count). The monoisotopic (exact) mass is 300 g/mol. The number of halogens is 3. The Bertz CT molecular complexity index is 523. The largest absolute Gasteiger partial charge is 0.409 e. The van der Waals surface area contributed by atoms with Gasteiger partial charge in [-0.3, -0.25) is 10.2 Å². The Morgan fingerprint density at radius 1 is 1.29 bits per heavy atom. The summed E-state index contributed by atoms with van der Waals surface area (Å²) in [5.41, 5.74) is 2.64. The molecule has 1 aromatic carbocycles. The number of amides is 1. The average Bonchev–Trinajstić information content (AvgIpc) is 2.62. The number of carbonyl (C=O) groups is 1. The van der Waals surface area contributed by atoms with Crippen LogP contribution < -0.4 is 5.43 Å². The Labute approximate surface area is 122 Å². The SMILES string of the molecule is CCc1ccc([C@H](N2CC(C)(C)C(=O)N2)C(F)(F)F)cc1. The predicted molar refractivity (Wildman–Crippen MR) is 73.2 cm³/mol. The maximum absolute atomic E-state index is 13.4. The van der Waals surface area contributed by atoms with Crippen molar-refractivity contribution in [3.63, 3.8) is 0 Å². The van der Waals surface area contributed by atoms with Crippen LogP contribution in [-0.2, 0) is 11.2 Å². The molecule has 1 heterocycles. The molecule has 0 bridgehead atoms. The molecule has 1 atom stereocenters. The molecule has 1 amide bonds. The molecule has 6 heteroatoms. The van der Waals surface area contributed by atoms with E-state index < -0.39 is 17.6 Å². The van der Waals surface area contributed by atoms with E-state index in [4.69, 9.17) is 0 Å². The van der Waals surface area contributed by atoms with Crippen molar-refractivity contribution in [3.05, 3.63) is 35.4 Å². The summed E-state index contributed by atoms with van der Waals surface area (Å²) in [4.78, 5) is 11.7. The van der Waals surface area contributed by atoms with Crippen molar-refractivity contribution < 1.29 is 18.0 Å². The second kappa shape index (κ2) is 5.33. The normalized spacial score (nSPS) is 20.4. The summed E-state index contributed by atoms with van der Waals surface area (Å²) in [5.74, 6) is -0.387. The van der Waals surface area contributed by atoms with Gasteiger partial charge in [0.15, 0.2) is 0 Å². The van der Waals surface area contributed by atoms with Crippen LogP contribution in [0, 0.1) is 5.41 Å². The highest BCUT2D eigenvalue weighted by molar-refractivity contribution is 5.83. The van der Waals surface area contributed by atoms with Gasteiger partial charge in [0, 0.05) is 6.54 Å². The van der Waals surface area contributed by atoms with Gasteiger partial charge in [-0.05, 0) is 31.4 Å². The molecule has 0 aromatic heterocycles. The van der Waals surface area contributed by atoms with E-state index in [9.17, 15) is 18.0 Å². The molecule has 0 spiro atoms. The summed E-state index contributed by atoms with van der Waals surface area (Å²) in [7, 11) is 0. The third-order valence-corrected chi connectivity index (χ3v) is 3.75. The molecular weight excluding hydrogens is 281 g/mol. The average molecular weight is 300 g/mol. The fourth-order valence-corrected chi connectivity index (χ4v) is 2.46. The molecule has 1 fully saturated rings. The molecule has 0 aliphatic carbocycles. The zero-order chi connectivity index (χ0) is 15.8. The van der Waals surface area contributed by atoms with Gasteiger partial charge >= 0.3 is 6.18 Å². The summed E-state index contributed by atoms with van der Waals surface area (Å²) in [6.07, 6.45) is -3.69. The van der Waals surface area contributed by atoms with Crippen LogP contribution in [0.25, 0.3) is 0 Å². The van der Waals surface area contributed by atoms with Gasteiger partial charge in [0.1, 0.15) is 6.04 Å². The number of hydrogen-bond donors (Lipinski definition) is 1. The molecule has 1 aliphatic heterocycles. The molecule has 21 heavy (non-hydrogen) atoms. The number of carbonyl (C=O) groups excluding carboxylic acids is 1. The van der Waals surface area contributed by atoms with Gasteiger partial charge in [0.05, 0.1) is 5.41 Å². The van der Waals surface area contributed by atoms with Gasteiger partial charge in [-0.1, -0.05) is 31.2 Å². The minimum Gasteiger partial charge on any atom is -0.287 e. The number of nitrogens with zero attached hydrogens (tertiary/aromatic N) is 1. The van der Waals surface area contributed by atoms with E-state index in [1.54, 1.807) is 26.0 Å². The van der Waals surface area contributed by atoms with E-state index >= 15 is 0 Å². The van der Waals surface area contributed by atoms with E-state index in [2.05, 4.69) is 5.43 Å². The highest BCUT2D eigenvalue weighted by Gasteiger charge is 2.50. The lowest BCUT2D eigenvalue weighted by Crippen LogP contribution is -2.43. The number of hydrogen-bond acceptors (Lipinski definition) is 2. The minimum atomic E-state index is -4.46. The first-order valence-corrected chi connectivity index (χ1v) is 6.88. The lowest BCUT2D eigenvalue weighted by molar-refractivity contribution is -0.191. The molecule has 116 valence electrons. The Balaban J connectivity index is 2.34. The van der Waals surface area contributed by atoms with Crippen LogP contribution in [0.5, 0.6) is 0 Å². The number of benzene rings is 1. The molecule has 0 radical (unpaired) electrons. The molecule has 1 N–H and O–H groups in total. The Morgan fingerprint density at radius 2 is 1.86 bits per heavy atom. The standard InChI is InChI=1S/C15H19F3N2O/c1-4-10-5-7-11(8-6-10)12(15(16,17)18)20-9-14(2,3)13(21)19-20/h5-8,12H,4,9H2,1-3H3,(H,19,21)/t12-/m0/s1. The van der Waals surface area contributed by atoms with Gasteiger partial charge in [-0.15, -0.1) is 0 Å². The quantitative estimate of drug-likeness (QED) is 0.929. The van der Waals surface area contributed by atoms with E-state index in [0.29, 0.717) is 0 Å². The van der Waals surface area contributed by atoms with Crippen LogP contribution in [0.15, 0.2) is 24.3 Å². The first-order chi connectivity index (χ1) is 9.65. The van der Waals surface area contributed by atoms with Crippen molar-refractivity contribution in [2.24, 2.45) is 5.41 Å². The van der Waals surface area contributed by atoms with Gasteiger partial charge in [-0.25, -0.2) is 5.01 Å². The summed E-state index contributed by atoms with van der Waals surface area (Å²) >= 11 is 0. The molecule has 1 saturated heterocycles. The third kappa shape index (κ3) is 3.20. The first-order valence-electron chi connectivity index (χ1n) is 6.88. The predicted octanol–water partition coefficient (Wildman–Crippen LogP) is 3.23. The van der Waals surface area contributed by atoms with Gasteiger partial charge < -0.3 is 0 Å². The zero-order valence-electron chi connectivity index (χ0n) is 12.3. The van der Waals surface area contributed by atoms with Crippen LogP contribution in [0.4, 0.5) is 13.2 Å². The highest BCUT2D eigenvalue weighted by atomic mass is 19.4. The van der Waals surface area contributed by atoms with Crippen LogP contribution in [0.2, 0.25) is 0 Å². The Morgan fingerprint density at radius 3 is 2.24 bits per heavy atom. The summed E-state index contributed by atoms with van der Waals surface area (Å²) in [6, 6.07) is 4.52. The summed E-state index contributed by atoms with van der Waals surface area (Å²) in [5, 5.41) is 0.989. The van der Waals surface area contributed by atoms with Crippen molar-refractivity contribution in [1.82, 2.24) is 10.4 Å². The van der Waals surface area contributed by atoms with Crippen molar-refractivity contribution in [2.45, 2.75) is 39.4 Å². The number of aryl methyl sites for hydroxylation is 1. The van der Waals surface area contributed by atoms with Crippen molar-refractivity contribution in [2.75, 3.05) is 6.54 Å². The van der Waals surface area contributed by atoms with E-state index in [0.717, 1.165) is 17.0 Å². The van der Waals surface area contributed by atoms with Crippen molar-refractivity contribution >= 4 is 5.91 Å². The topological polar surface area (TPSA) is 32.3 Å². The van der Waals surface area contributed by atoms with Crippen LogP contribution in [-0.4, -0.2) is 23.6 Å². The van der Waals surface area contributed by atoms with Gasteiger partial charge in [-0.2, -0.15) is 13.2 Å². The summed E-state index contributed by atoms with van der Waals surface area (Å²) < 4.78 is 40.3.